The number of hydrogen-bond donors (Lipinski definition) is 2. The molecular formula is C15H14BrFN2O2. The first-order valence-corrected chi connectivity index (χ1v) is 6.95. The lowest BCUT2D eigenvalue weighted by Crippen LogP contribution is -2.28. The van der Waals surface area contributed by atoms with Crippen LogP contribution in [0.25, 0.3) is 0 Å². The minimum Gasteiger partial charge on any atom is -0.496 e. The Labute approximate surface area is 130 Å². The summed E-state index contributed by atoms with van der Waals surface area (Å²) in [4.78, 5) is 11.8. The molecule has 1 atom stereocenters. The molecule has 0 aliphatic carbocycles. The second-order valence-corrected chi connectivity index (χ2v) is 5.29. The Balaban J connectivity index is 2.37. The molecule has 0 radical (unpaired) electrons. The average Bonchev–Trinajstić information content (AvgIpc) is 2.46. The number of anilines is 1. The van der Waals surface area contributed by atoms with E-state index in [4.69, 9.17) is 10.5 Å². The summed E-state index contributed by atoms with van der Waals surface area (Å²) in [6.45, 7) is 0. The van der Waals surface area contributed by atoms with Gasteiger partial charge < -0.3 is 15.8 Å². The number of nitrogens with two attached hydrogens (primary N) is 1. The first-order chi connectivity index (χ1) is 10.0. The molecule has 3 N–H and O–H groups in total. The van der Waals surface area contributed by atoms with Gasteiger partial charge in [-0.15, -0.1) is 0 Å². The molecule has 2 rings (SSSR count). The summed E-state index contributed by atoms with van der Waals surface area (Å²) >= 11 is 3.35. The van der Waals surface area contributed by atoms with E-state index in [9.17, 15) is 9.18 Å². The van der Waals surface area contributed by atoms with E-state index >= 15 is 0 Å². The highest BCUT2D eigenvalue weighted by Crippen LogP contribution is 2.30. The molecule has 2 aromatic rings. The number of primary amides is 1. The van der Waals surface area contributed by atoms with Crippen molar-refractivity contribution in [1.29, 1.82) is 0 Å². The van der Waals surface area contributed by atoms with Crippen molar-refractivity contribution in [1.82, 2.24) is 0 Å². The van der Waals surface area contributed by atoms with Crippen LogP contribution in [0.15, 0.2) is 46.9 Å². The van der Waals surface area contributed by atoms with Gasteiger partial charge in [-0.3, -0.25) is 4.79 Å². The highest BCUT2D eigenvalue weighted by molar-refractivity contribution is 9.10. The van der Waals surface area contributed by atoms with Crippen LogP contribution < -0.4 is 15.8 Å². The number of halogens is 2. The smallest absolute Gasteiger partial charge is 0.244 e. The quantitative estimate of drug-likeness (QED) is 0.868. The standard InChI is InChI=1S/C15H14BrFN2O2/c1-21-13-7-2-9(16)8-12(13)14(15(18)20)19-11-5-3-10(17)4-6-11/h2-8,14,19H,1H3,(H2,18,20). The summed E-state index contributed by atoms with van der Waals surface area (Å²) in [6, 6.07) is 10.2. The van der Waals surface area contributed by atoms with E-state index in [0.717, 1.165) is 4.47 Å². The predicted molar refractivity (Wildman–Crippen MR) is 82.7 cm³/mol. The number of hydrogen-bond acceptors (Lipinski definition) is 3. The van der Waals surface area contributed by atoms with E-state index in [-0.39, 0.29) is 5.82 Å². The molecule has 110 valence electrons. The van der Waals surface area contributed by atoms with E-state index in [2.05, 4.69) is 21.2 Å². The van der Waals surface area contributed by atoms with Crippen molar-refractivity contribution in [3.05, 3.63) is 58.3 Å². The van der Waals surface area contributed by atoms with Crippen LogP contribution in [-0.4, -0.2) is 13.0 Å². The third-order valence-corrected chi connectivity index (χ3v) is 3.44. The number of rotatable bonds is 5. The summed E-state index contributed by atoms with van der Waals surface area (Å²) in [5.74, 6) is -0.372. The lowest BCUT2D eigenvalue weighted by molar-refractivity contribution is -0.118. The second-order valence-electron chi connectivity index (χ2n) is 4.37. The van der Waals surface area contributed by atoms with Gasteiger partial charge in [0.05, 0.1) is 7.11 Å². The van der Waals surface area contributed by atoms with Gasteiger partial charge in [0, 0.05) is 15.7 Å². The fraction of sp³-hybridized carbons (Fsp3) is 0.133. The molecule has 0 fully saturated rings. The van der Waals surface area contributed by atoms with Crippen molar-refractivity contribution < 1.29 is 13.9 Å². The monoisotopic (exact) mass is 352 g/mol. The molecule has 21 heavy (non-hydrogen) atoms. The summed E-state index contributed by atoms with van der Waals surface area (Å²) in [5.41, 5.74) is 6.66. The number of benzene rings is 2. The molecule has 4 nitrogen and oxygen atoms in total. The highest BCUT2D eigenvalue weighted by Gasteiger charge is 2.22. The maximum absolute atomic E-state index is 12.9. The molecule has 2 aromatic carbocycles. The fourth-order valence-corrected chi connectivity index (χ4v) is 2.32. The molecule has 0 heterocycles. The van der Waals surface area contributed by atoms with Crippen molar-refractivity contribution in [3.63, 3.8) is 0 Å². The summed E-state index contributed by atoms with van der Waals surface area (Å²) in [7, 11) is 1.52. The van der Waals surface area contributed by atoms with Crippen LogP contribution in [0.2, 0.25) is 0 Å². The molecule has 6 heteroatoms. The van der Waals surface area contributed by atoms with Crippen molar-refractivity contribution in [2.75, 3.05) is 12.4 Å². The Morgan fingerprint density at radius 3 is 2.52 bits per heavy atom. The topological polar surface area (TPSA) is 64.3 Å². The molecule has 0 aliphatic heterocycles. The number of amides is 1. The zero-order chi connectivity index (χ0) is 15.4. The van der Waals surface area contributed by atoms with Crippen molar-refractivity contribution in [2.24, 2.45) is 5.73 Å². The molecule has 1 amide bonds. The lowest BCUT2D eigenvalue weighted by atomic mass is 10.0. The van der Waals surface area contributed by atoms with Gasteiger partial charge in [0.15, 0.2) is 0 Å². The van der Waals surface area contributed by atoms with Crippen molar-refractivity contribution >= 4 is 27.5 Å². The van der Waals surface area contributed by atoms with E-state index in [1.807, 2.05) is 0 Å². The average molecular weight is 353 g/mol. The van der Waals surface area contributed by atoms with Gasteiger partial charge in [-0.2, -0.15) is 0 Å². The Hall–Kier alpha value is -2.08. The molecule has 0 bridgehead atoms. The van der Waals surface area contributed by atoms with Crippen LogP contribution >= 0.6 is 15.9 Å². The van der Waals surface area contributed by atoms with Gasteiger partial charge in [-0.1, -0.05) is 15.9 Å². The number of ether oxygens (including phenoxy) is 1. The van der Waals surface area contributed by atoms with Crippen LogP contribution in [0.3, 0.4) is 0 Å². The van der Waals surface area contributed by atoms with Gasteiger partial charge in [0.2, 0.25) is 5.91 Å². The molecule has 0 spiro atoms. The van der Waals surface area contributed by atoms with E-state index in [1.54, 1.807) is 18.2 Å². The minimum absolute atomic E-state index is 0.351. The third-order valence-electron chi connectivity index (χ3n) is 2.94. The van der Waals surface area contributed by atoms with Gasteiger partial charge >= 0.3 is 0 Å². The second kappa shape index (κ2) is 6.58. The molecule has 0 aromatic heterocycles. The number of methoxy groups -OCH3 is 1. The van der Waals surface area contributed by atoms with Crippen molar-refractivity contribution in [3.8, 4) is 5.75 Å². The van der Waals surface area contributed by atoms with Gasteiger partial charge in [-0.05, 0) is 42.5 Å². The predicted octanol–water partition coefficient (Wildman–Crippen LogP) is 3.24. The number of carbonyl (C=O) groups is 1. The maximum atomic E-state index is 12.9. The Kier molecular flexibility index (Phi) is 4.80. The van der Waals surface area contributed by atoms with Gasteiger partial charge in [0.1, 0.15) is 17.6 Å². The highest BCUT2D eigenvalue weighted by atomic mass is 79.9. The fourth-order valence-electron chi connectivity index (χ4n) is 1.95. The Bertz CT molecular complexity index is 647. The van der Waals surface area contributed by atoms with Crippen LogP contribution in [0.4, 0.5) is 10.1 Å². The molecule has 0 saturated carbocycles. The van der Waals surface area contributed by atoms with Crippen LogP contribution in [0.5, 0.6) is 5.75 Å². The summed E-state index contributed by atoms with van der Waals surface area (Å²) in [6.07, 6.45) is 0. The Morgan fingerprint density at radius 1 is 1.29 bits per heavy atom. The normalized spacial score (nSPS) is 11.8. The zero-order valence-electron chi connectivity index (χ0n) is 11.3. The SMILES string of the molecule is COc1ccc(Br)cc1C(Nc1ccc(F)cc1)C(N)=O. The van der Waals surface area contributed by atoms with Gasteiger partial charge in [-0.25, -0.2) is 4.39 Å². The summed E-state index contributed by atoms with van der Waals surface area (Å²) in [5, 5.41) is 2.98. The van der Waals surface area contributed by atoms with Crippen LogP contribution in [0, 0.1) is 5.82 Å². The molecule has 0 saturated heterocycles. The number of nitrogens with one attached hydrogen (secondary N) is 1. The van der Waals surface area contributed by atoms with E-state index in [1.165, 1.54) is 31.4 Å². The maximum Gasteiger partial charge on any atom is 0.244 e. The van der Waals surface area contributed by atoms with Crippen LogP contribution in [-0.2, 0) is 4.79 Å². The third kappa shape index (κ3) is 3.72. The largest absolute Gasteiger partial charge is 0.496 e. The minimum atomic E-state index is -0.789. The molecular weight excluding hydrogens is 339 g/mol. The zero-order valence-corrected chi connectivity index (χ0v) is 12.9. The van der Waals surface area contributed by atoms with E-state index < -0.39 is 11.9 Å². The molecule has 0 aliphatic rings. The van der Waals surface area contributed by atoms with E-state index in [0.29, 0.717) is 17.0 Å². The number of carbonyl (C=O) groups excluding carboxylic acids is 1. The van der Waals surface area contributed by atoms with Gasteiger partial charge in [0.25, 0.3) is 0 Å². The van der Waals surface area contributed by atoms with Crippen LogP contribution in [0.1, 0.15) is 11.6 Å². The molecule has 1 unspecified atom stereocenters. The van der Waals surface area contributed by atoms with Crippen molar-refractivity contribution in [2.45, 2.75) is 6.04 Å². The first-order valence-electron chi connectivity index (χ1n) is 6.16. The lowest BCUT2D eigenvalue weighted by Gasteiger charge is -2.20. The Morgan fingerprint density at radius 2 is 1.95 bits per heavy atom. The summed E-state index contributed by atoms with van der Waals surface area (Å²) < 4.78 is 19.0. The first kappa shape index (κ1) is 15.3.